The van der Waals surface area contributed by atoms with Crippen molar-refractivity contribution in [3.8, 4) is 0 Å². The fourth-order valence-corrected chi connectivity index (χ4v) is 2.90. The molecule has 1 amide bonds. The van der Waals surface area contributed by atoms with E-state index in [9.17, 15) is 4.79 Å². The van der Waals surface area contributed by atoms with Crippen molar-refractivity contribution in [1.29, 1.82) is 0 Å². The maximum Gasteiger partial charge on any atom is 0.227 e. The van der Waals surface area contributed by atoms with Crippen LogP contribution in [0.1, 0.15) is 30.1 Å². The van der Waals surface area contributed by atoms with Gasteiger partial charge < -0.3 is 15.6 Å². The molecule has 0 radical (unpaired) electrons. The molecule has 104 valence electrons. The van der Waals surface area contributed by atoms with Crippen LogP contribution in [-0.2, 0) is 11.2 Å². The van der Waals surface area contributed by atoms with Crippen molar-refractivity contribution in [2.45, 2.75) is 25.3 Å². The van der Waals surface area contributed by atoms with Crippen LogP contribution in [0.2, 0.25) is 0 Å². The molecule has 1 atom stereocenters. The summed E-state index contributed by atoms with van der Waals surface area (Å²) < 4.78 is 0. The van der Waals surface area contributed by atoms with Gasteiger partial charge in [-0.25, -0.2) is 0 Å². The lowest BCUT2D eigenvalue weighted by molar-refractivity contribution is -0.131. The molecule has 0 spiro atoms. The highest BCUT2D eigenvalue weighted by molar-refractivity contribution is 5.81. The number of nitrogens with zero attached hydrogens (tertiary/aromatic N) is 1. The maximum atomic E-state index is 12.5. The first-order valence-electron chi connectivity index (χ1n) is 7.02. The van der Waals surface area contributed by atoms with Gasteiger partial charge in [-0.3, -0.25) is 4.79 Å². The molecule has 1 aliphatic heterocycles. The first kappa shape index (κ1) is 12.8. The van der Waals surface area contributed by atoms with E-state index in [0.29, 0.717) is 12.1 Å². The number of nitrogens with one attached hydrogen (secondary N) is 1. The minimum atomic E-state index is 0.153. The molecule has 2 heterocycles. The van der Waals surface area contributed by atoms with Gasteiger partial charge in [-0.2, -0.15) is 0 Å². The number of nitrogens with two attached hydrogens (primary N) is 1. The highest BCUT2D eigenvalue weighted by Gasteiger charge is 2.30. The van der Waals surface area contributed by atoms with Crippen molar-refractivity contribution < 1.29 is 4.79 Å². The molecule has 3 rings (SSSR count). The van der Waals surface area contributed by atoms with Gasteiger partial charge in [0.1, 0.15) is 0 Å². The monoisotopic (exact) mass is 269 g/mol. The molecule has 1 aliphatic rings. The van der Waals surface area contributed by atoms with Gasteiger partial charge in [-0.15, -0.1) is 0 Å². The molecule has 0 saturated carbocycles. The molecule has 2 aromatic rings. The van der Waals surface area contributed by atoms with Gasteiger partial charge in [0.2, 0.25) is 5.91 Å². The van der Waals surface area contributed by atoms with Gasteiger partial charge in [0.05, 0.1) is 12.5 Å². The number of benzene rings is 1. The molecule has 1 aromatic carbocycles. The summed E-state index contributed by atoms with van der Waals surface area (Å²) >= 11 is 0. The first-order valence-corrected chi connectivity index (χ1v) is 7.02. The van der Waals surface area contributed by atoms with Crippen LogP contribution < -0.4 is 5.73 Å². The van der Waals surface area contributed by atoms with E-state index in [2.05, 4.69) is 4.98 Å². The van der Waals surface area contributed by atoms with Crippen LogP contribution >= 0.6 is 0 Å². The van der Waals surface area contributed by atoms with Crippen LogP contribution in [0.25, 0.3) is 0 Å². The first-order chi connectivity index (χ1) is 9.75. The molecule has 1 unspecified atom stereocenters. The Hall–Kier alpha value is -2.23. The van der Waals surface area contributed by atoms with E-state index in [-0.39, 0.29) is 11.9 Å². The quantitative estimate of drug-likeness (QED) is 0.841. The Labute approximate surface area is 118 Å². The zero-order valence-corrected chi connectivity index (χ0v) is 11.4. The number of hydrogen-bond donors (Lipinski definition) is 2. The third-order valence-electron chi connectivity index (χ3n) is 3.95. The van der Waals surface area contributed by atoms with E-state index in [1.165, 1.54) is 0 Å². The fourth-order valence-electron chi connectivity index (χ4n) is 2.90. The zero-order chi connectivity index (χ0) is 13.9. The van der Waals surface area contributed by atoms with Crippen LogP contribution in [0.5, 0.6) is 0 Å². The summed E-state index contributed by atoms with van der Waals surface area (Å²) in [5.41, 5.74) is 8.64. The third kappa shape index (κ3) is 2.41. The van der Waals surface area contributed by atoms with E-state index in [4.69, 9.17) is 5.73 Å². The number of aromatic amines is 1. The number of hydrogen-bond acceptors (Lipinski definition) is 2. The lowest BCUT2D eigenvalue weighted by Crippen LogP contribution is -2.32. The normalized spacial score (nSPS) is 18.4. The molecule has 20 heavy (non-hydrogen) atoms. The van der Waals surface area contributed by atoms with E-state index in [0.717, 1.165) is 30.6 Å². The lowest BCUT2D eigenvalue weighted by Gasteiger charge is -2.24. The second kappa shape index (κ2) is 5.41. The average Bonchev–Trinajstić information content (AvgIpc) is 3.11. The summed E-state index contributed by atoms with van der Waals surface area (Å²) in [5, 5.41) is 0. The van der Waals surface area contributed by atoms with Gasteiger partial charge in [-0.05, 0) is 36.6 Å². The van der Waals surface area contributed by atoms with E-state index >= 15 is 0 Å². The summed E-state index contributed by atoms with van der Waals surface area (Å²) in [5.74, 6) is 0.153. The molecular weight excluding hydrogens is 250 g/mol. The number of anilines is 1. The number of carbonyl (C=O) groups excluding carboxylic acids is 1. The van der Waals surface area contributed by atoms with Gasteiger partial charge in [-0.1, -0.05) is 18.2 Å². The number of likely N-dealkylation sites (tertiary alicyclic amines) is 1. The predicted molar refractivity (Wildman–Crippen MR) is 79.0 cm³/mol. The second-order valence-corrected chi connectivity index (χ2v) is 5.25. The predicted octanol–water partition coefficient (Wildman–Crippen LogP) is 2.50. The molecule has 0 aliphatic carbocycles. The molecule has 1 saturated heterocycles. The molecule has 0 bridgehead atoms. The Morgan fingerprint density at radius 2 is 2.15 bits per heavy atom. The Kier molecular flexibility index (Phi) is 3.46. The Balaban J connectivity index is 1.75. The molecule has 4 nitrogen and oxygen atoms in total. The van der Waals surface area contributed by atoms with Crippen LogP contribution in [0.15, 0.2) is 42.6 Å². The third-order valence-corrected chi connectivity index (χ3v) is 3.95. The Morgan fingerprint density at radius 1 is 1.30 bits per heavy atom. The maximum absolute atomic E-state index is 12.5. The number of amides is 1. The summed E-state index contributed by atoms with van der Waals surface area (Å²) in [6, 6.07) is 11.8. The van der Waals surface area contributed by atoms with Crippen molar-refractivity contribution in [2.24, 2.45) is 0 Å². The SMILES string of the molecule is Nc1ccccc1CC(=O)N1CCCC1c1ccc[nH]1. The Morgan fingerprint density at radius 3 is 2.90 bits per heavy atom. The summed E-state index contributed by atoms with van der Waals surface area (Å²) in [4.78, 5) is 17.7. The molecule has 4 heteroatoms. The highest BCUT2D eigenvalue weighted by atomic mass is 16.2. The number of nitrogen functional groups attached to an aromatic ring is 1. The van der Waals surface area contributed by atoms with Crippen LogP contribution in [0.4, 0.5) is 5.69 Å². The van der Waals surface area contributed by atoms with Crippen molar-refractivity contribution in [1.82, 2.24) is 9.88 Å². The van der Waals surface area contributed by atoms with Gasteiger partial charge in [0.25, 0.3) is 0 Å². The summed E-state index contributed by atoms with van der Waals surface area (Å²) in [6.45, 7) is 0.829. The number of rotatable bonds is 3. The van der Waals surface area contributed by atoms with Gasteiger partial charge in [0, 0.05) is 24.1 Å². The van der Waals surface area contributed by atoms with Crippen LogP contribution in [-0.4, -0.2) is 22.3 Å². The summed E-state index contributed by atoms with van der Waals surface area (Å²) in [6.07, 6.45) is 4.37. The standard InChI is InChI=1S/C16H19N3O/c17-13-6-2-1-5-12(13)11-16(20)19-10-4-8-15(19)14-7-3-9-18-14/h1-3,5-7,9,15,18H,4,8,10-11,17H2. The highest BCUT2D eigenvalue weighted by Crippen LogP contribution is 2.31. The largest absolute Gasteiger partial charge is 0.398 e. The second-order valence-electron chi connectivity index (χ2n) is 5.25. The van der Waals surface area contributed by atoms with E-state index < -0.39 is 0 Å². The average molecular weight is 269 g/mol. The van der Waals surface area contributed by atoms with E-state index in [1.807, 2.05) is 47.5 Å². The number of H-pyrrole nitrogens is 1. The molecule has 1 aromatic heterocycles. The molecule has 1 fully saturated rings. The molecule has 3 N–H and O–H groups in total. The van der Waals surface area contributed by atoms with Crippen molar-refractivity contribution >= 4 is 11.6 Å². The fraction of sp³-hybridized carbons (Fsp3) is 0.312. The minimum absolute atomic E-state index is 0.153. The topological polar surface area (TPSA) is 62.1 Å². The van der Waals surface area contributed by atoms with Crippen molar-refractivity contribution in [3.63, 3.8) is 0 Å². The van der Waals surface area contributed by atoms with Gasteiger partial charge >= 0.3 is 0 Å². The van der Waals surface area contributed by atoms with Crippen LogP contribution in [0.3, 0.4) is 0 Å². The minimum Gasteiger partial charge on any atom is -0.398 e. The van der Waals surface area contributed by atoms with Gasteiger partial charge in [0.15, 0.2) is 0 Å². The number of aromatic nitrogens is 1. The van der Waals surface area contributed by atoms with Crippen molar-refractivity contribution in [2.75, 3.05) is 12.3 Å². The molecular formula is C16H19N3O. The van der Waals surface area contributed by atoms with Crippen LogP contribution in [0, 0.1) is 0 Å². The number of carbonyl (C=O) groups is 1. The zero-order valence-electron chi connectivity index (χ0n) is 11.4. The summed E-state index contributed by atoms with van der Waals surface area (Å²) in [7, 11) is 0. The Bertz CT molecular complexity index is 592. The smallest absolute Gasteiger partial charge is 0.227 e. The van der Waals surface area contributed by atoms with Crippen molar-refractivity contribution in [3.05, 3.63) is 53.9 Å². The number of para-hydroxylation sites is 1. The lowest BCUT2D eigenvalue weighted by atomic mass is 10.1. The van der Waals surface area contributed by atoms with E-state index in [1.54, 1.807) is 0 Å².